The van der Waals surface area contributed by atoms with E-state index in [0.717, 1.165) is 0 Å². The second-order valence-electron chi connectivity index (χ2n) is 16.4. The van der Waals surface area contributed by atoms with Crippen molar-refractivity contribution in [3.8, 4) is 6.07 Å². The number of likely N-dealkylation sites (N-methyl/N-ethyl adjacent to an activating group) is 3. The highest BCUT2D eigenvalue weighted by Crippen LogP contribution is 2.35. The third-order valence-electron chi connectivity index (χ3n) is 11.7. The van der Waals surface area contributed by atoms with Crippen LogP contribution in [0.3, 0.4) is 0 Å². The molecule has 31 heteroatoms. The minimum absolute atomic E-state index is 0.0801. The first kappa shape index (κ1) is 53.4. The first-order valence-corrected chi connectivity index (χ1v) is 22.9. The van der Waals surface area contributed by atoms with Gasteiger partial charge in [-0.05, 0) is 34.6 Å². The van der Waals surface area contributed by atoms with Crippen LogP contribution in [-0.4, -0.2) is 203 Å². The molecule has 0 spiro atoms. The molecule has 3 aliphatic rings. The number of aromatic nitrogens is 12. The molecule has 3 fully saturated rings. The molecule has 31 nitrogen and oxygen atoms in total. The number of aliphatic hydroxyl groups is 6. The fraction of sp³-hybridized carbons (Fsp3) is 0.548. The molecule has 12 N–H and O–H groups in total. The third kappa shape index (κ3) is 10.3. The van der Waals surface area contributed by atoms with Crippen LogP contribution in [0.25, 0.3) is 33.5 Å². The lowest BCUT2D eigenvalue weighted by molar-refractivity contribution is -0.138. The van der Waals surface area contributed by atoms with Gasteiger partial charge in [0.1, 0.15) is 54.3 Å². The topological polar surface area (TPSA) is 427 Å². The Morgan fingerprint density at radius 2 is 0.918 bits per heavy atom. The lowest BCUT2D eigenvalue weighted by atomic mass is 10.1. The zero-order chi connectivity index (χ0) is 53.0. The molecular formula is C42H57N19O12. The maximum Gasteiger partial charge on any atom is 0.252 e. The molecule has 0 aliphatic carbocycles. The van der Waals surface area contributed by atoms with Crippen LogP contribution < -0.4 is 31.9 Å². The monoisotopic (exact) mass is 1020 g/mol. The molecule has 6 aromatic rings. The van der Waals surface area contributed by atoms with Gasteiger partial charge >= 0.3 is 0 Å². The van der Waals surface area contributed by atoms with E-state index >= 15 is 0 Å². The number of aliphatic hydroxyl groups excluding tert-OH is 6. The number of rotatable bonds is 12. The second-order valence-corrected chi connectivity index (χ2v) is 16.4. The van der Waals surface area contributed by atoms with Crippen molar-refractivity contribution in [2.75, 3.05) is 56.7 Å². The minimum atomic E-state index is -1.41. The van der Waals surface area contributed by atoms with Gasteiger partial charge in [0.2, 0.25) is 5.82 Å². The molecule has 392 valence electrons. The van der Waals surface area contributed by atoms with Gasteiger partial charge in [-0.25, -0.2) is 34.9 Å². The number of aryl methyl sites for hydroxylation is 2. The molecule has 3 amide bonds. The smallest absolute Gasteiger partial charge is 0.252 e. The second kappa shape index (κ2) is 22.6. The van der Waals surface area contributed by atoms with Crippen molar-refractivity contribution >= 4 is 68.7 Å². The van der Waals surface area contributed by atoms with Gasteiger partial charge in [0.25, 0.3) is 17.7 Å². The number of carbonyl (C=O) groups is 3. The van der Waals surface area contributed by atoms with E-state index in [1.807, 2.05) is 19.9 Å². The van der Waals surface area contributed by atoms with Crippen molar-refractivity contribution in [3.05, 3.63) is 36.5 Å². The van der Waals surface area contributed by atoms with Crippen molar-refractivity contribution in [1.82, 2.24) is 74.5 Å². The largest absolute Gasteiger partial charge is 0.387 e. The van der Waals surface area contributed by atoms with Crippen LogP contribution in [0.15, 0.2) is 19.0 Å². The zero-order valence-corrected chi connectivity index (χ0v) is 40.7. The Kier molecular flexibility index (Phi) is 16.5. The first-order valence-electron chi connectivity index (χ1n) is 22.9. The maximum absolute atomic E-state index is 12.0. The molecule has 6 aromatic heterocycles. The van der Waals surface area contributed by atoms with E-state index in [0.29, 0.717) is 76.6 Å². The van der Waals surface area contributed by atoms with Crippen molar-refractivity contribution in [2.24, 2.45) is 0 Å². The molecule has 9 heterocycles. The van der Waals surface area contributed by atoms with Gasteiger partial charge in [-0.3, -0.25) is 28.1 Å². The van der Waals surface area contributed by atoms with E-state index in [-0.39, 0.29) is 11.5 Å². The van der Waals surface area contributed by atoms with E-state index in [1.165, 1.54) is 46.8 Å². The first-order chi connectivity index (χ1) is 35.0. The molecule has 0 saturated carbocycles. The predicted molar refractivity (Wildman–Crippen MR) is 253 cm³/mol. The van der Waals surface area contributed by atoms with Crippen LogP contribution in [0.4, 0.5) is 17.5 Å². The fourth-order valence-corrected chi connectivity index (χ4v) is 8.21. The summed E-state index contributed by atoms with van der Waals surface area (Å²) in [7, 11) is 4.58. The average molecular weight is 1020 g/mol. The Morgan fingerprint density at radius 1 is 0.548 bits per heavy atom. The maximum atomic E-state index is 12.0. The Bertz CT molecular complexity index is 3000. The zero-order valence-electron chi connectivity index (χ0n) is 40.7. The molecular weight excluding hydrogens is 963 g/mol. The Labute approximate surface area is 414 Å². The van der Waals surface area contributed by atoms with E-state index in [4.69, 9.17) is 19.5 Å². The van der Waals surface area contributed by atoms with Crippen LogP contribution in [0.2, 0.25) is 0 Å². The van der Waals surface area contributed by atoms with E-state index in [1.54, 1.807) is 27.8 Å². The number of fused-ring (bicyclic) bond motifs is 3. The number of amides is 3. The minimum Gasteiger partial charge on any atom is -0.387 e. The van der Waals surface area contributed by atoms with Gasteiger partial charge < -0.3 is 76.8 Å². The summed E-state index contributed by atoms with van der Waals surface area (Å²) in [5.41, 5.74) is 2.56. The number of hydrogen-bond acceptors (Lipinski definition) is 25. The van der Waals surface area contributed by atoms with Crippen molar-refractivity contribution < 1.29 is 59.2 Å². The molecule has 0 aromatic carbocycles. The summed E-state index contributed by atoms with van der Waals surface area (Å²) in [6, 6.07) is 1.87. The van der Waals surface area contributed by atoms with Gasteiger partial charge in [0, 0.05) is 40.8 Å². The molecule has 0 unspecified atom stereocenters. The van der Waals surface area contributed by atoms with Gasteiger partial charge in [0.05, 0.1) is 19.0 Å². The SMILES string of the molecule is CCNC(=O)[C@H]1O[C@@H](n2cnc3c(NCC)nc(C#N)nc32)[C@H](O)[C@@H]1O.CCNc1nc(C)nc2c1ncn2[C@@H]1O[C@H](C(=O)NC)[C@@H](O)[C@H]1O.CNC(=O)[C@H]1O[C@@H](n2cnc3c(NC)nc(C)nc32)[C@H](O)[C@@H]1O. The molecule has 73 heavy (non-hydrogen) atoms. The Balaban J connectivity index is 0.000000161. The average Bonchev–Trinajstić information content (AvgIpc) is 4.25. The van der Waals surface area contributed by atoms with Crippen LogP contribution in [0, 0.1) is 25.2 Å². The number of anilines is 3. The van der Waals surface area contributed by atoms with Crippen LogP contribution in [0.5, 0.6) is 0 Å². The van der Waals surface area contributed by atoms with Gasteiger partial charge in [-0.1, -0.05) is 0 Å². The summed E-state index contributed by atoms with van der Waals surface area (Å²) >= 11 is 0. The molecule has 12 atom stereocenters. The lowest BCUT2D eigenvalue weighted by Crippen LogP contribution is -2.42. The summed E-state index contributed by atoms with van der Waals surface area (Å²) in [5.74, 6) is 0.918. The fourth-order valence-electron chi connectivity index (χ4n) is 8.21. The Morgan fingerprint density at radius 3 is 1.29 bits per heavy atom. The van der Waals surface area contributed by atoms with Crippen LogP contribution in [0.1, 0.15) is 56.9 Å². The van der Waals surface area contributed by atoms with Crippen molar-refractivity contribution in [1.29, 1.82) is 5.26 Å². The highest BCUT2D eigenvalue weighted by molar-refractivity contribution is 5.86. The highest BCUT2D eigenvalue weighted by atomic mass is 16.6. The molecule has 3 saturated heterocycles. The number of imidazole rings is 3. The summed E-state index contributed by atoms with van der Waals surface area (Å²) in [6.45, 7) is 10.6. The van der Waals surface area contributed by atoms with Crippen LogP contribution >= 0.6 is 0 Å². The standard InChI is InChI=1S/C15H19N7O4.C14H20N6O4.C13H18N6O4/c1-3-17-12-8-13(21-7(5-16)20-12)22(6-19-8)15-10(24)9(23)11(26-15)14(25)18-4-2;1-4-16-11-7-12(19-6(2)18-11)20(5-17-7)14-9(22)8(21)10(24-14)13(23)15-3;1-5-17-10(14-2)6-11(18-5)19(4-16-6)13-8(21)7(20)9(23-13)12(22)15-3/h6,9-11,15,23-24H,3-4H2,1-2H3,(H,18,25)(H,17,20,21);5,8-10,14,21-22H,4H2,1-3H3,(H,15,23)(H,16,18,19);4,7-9,13,20-21H,1-3H3,(H,15,22)(H,14,17,18)/t9-,10+,11-,15+;8-,9+,10-,14+;7-,8+,9-,13+/m000/s1. The number of hydrogen-bond donors (Lipinski definition) is 12. The lowest BCUT2D eigenvalue weighted by Gasteiger charge is -2.16. The number of nitrogens with one attached hydrogen (secondary N) is 6. The molecule has 0 bridgehead atoms. The summed E-state index contributed by atoms with van der Waals surface area (Å²) in [6.07, 6.45) is -10.4. The molecule has 3 aliphatic heterocycles. The summed E-state index contributed by atoms with van der Waals surface area (Å²) < 4.78 is 21.0. The van der Waals surface area contributed by atoms with Crippen molar-refractivity contribution in [2.45, 2.75) is 108 Å². The number of carbonyl (C=O) groups excluding carboxylic acids is 3. The summed E-state index contributed by atoms with van der Waals surface area (Å²) in [4.78, 5) is 73.6. The van der Waals surface area contributed by atoms with E-state index < -0.39 is 91.3 Å². The number of ether oxygens (including phenoxy) is 3. The van der Waals surface area contributed by atoms with E-state index in [9.17, 15) is 45.0 Å². The number of nitrogens with zero attached hydrogens (tertiary/aromatic N) is 13. The number of nitriles is 1. The molecule has 9 rings (SSSR count). The van der Waals surface area contributed by atoms with Crippen LogP contribution in [-0.2, 0) is 28.6 Å². The normalized spacial score (nSPS) is 26.4. The Hall–Kier alpha value is -7.41. The quantitative estimate of drug-likeness (QED) is 0.0562. The van der Waals surface area contributed by atoms with Gasteiger partial charge in [0.15, 0.2) is 87.9 Å². The van der Waals surface area contributed by atoms with E-state index in [2.05, 4.69) is 76.8 Å². The highest BCUT2D eigenvalue weighted by Gasteiger charge is 2.50. The third-order valence-corrected chi connectivity index (χ3v) is 11.7. The van der Waals surface area contributed by atoms with Gasteiger partial charge in [-0.15, -0.1) is 0 Å². The summed E-state index contributed by atoms with van der Waals surface area (Å²) in [5, 5.41) is 86.7. The van der Waals surface area contributed by atoms with Gasteiger partial charge in [-0.2, -0.15) is 15.2 Å². The molecule has 0 radical (unpaired) electrons. The van der Waals surface area contributed by atoms with Crippen molar-refractivity contribution in [3.63, 3.8) is 0 Å². The predicted octanol–water partition coefficient (Wildman–Crippen LogP) is -3.64.